The molecule has 0 unspecified atom stereocenters. The first-order valence-electron chi connectivity index (χ1n) is 7.15. The van der Waals surface area contributed by atoms with Crippen LogP contribution in [0.1, 0.15) is 12.0 Å². The monoisotopic (exact) mass is 332 g/mol. The molecule has 6 nitrogen and oxygen atoms in total. The van der Waals surface area contributed by atoms with Crippen LogP contribution in [0, 0.1) is 0 Å². The highest BCUT2D eigenvalue weighted by Gasteiger charge is 2.17. The first-order chi connectivity index (χ1) is 10.2. The number of quaternary nitrogens is 1. The normalized spacial score (nSPS) is 12.2. The minimum atomic E-state index is -3.87. The Morgan fingerprint density at radius 2 is 1.73 bits per heavy atom. The van der Waals surface area contributed by atoms with E-state index in [2.05, 4.69) is 0 Å². The lowest BCUT2D eigenvalue weighted by molar-refractivity contribution is -0.890. The van der Waals surface area contributed by atoms with Gasteiger partial charge in [-0.05, 0) is 17.7 Å². The van der Waals surface area contributed by atoms with Crippen molar-refractivity contribution < 1.29 is 26.9 Å². The summed E-state index contributed by atoms with van der Waals surface area (Å²) in [7, 11) is 3.43. The zero-order valence-corrected chi connectivity index (χ0v) is 14.5. The van der Waals surface area contributed by atoms with Crippen LogP contribution in [0.4, 0.5) is 0 Å². The van der Waals surface area contributed by atoms with Crippen molar-refractivity contribution in [1.29, 1.82) is 0 Å². The average Bonchev–Trinajstić information content (AvgIpc) is 2.43. The van der Waals surface area contributed by atoms with Crippen molar-refractivity contribution in [3.05, 3.63) is 23.8 Å². The van der Waals surface area contributed by atoms with E-state index < -0.39 is 10.1 Å². The van der Waals surface area contributed by atoms with Gasteiger partial charge in [-0.2, -0.15) is 8.42 Å². The number of hydrogen-bond acceptors (Lipinski definition) is 4. The van der Waals surface area contributed by atoms with E-state index in [4.69, 9.17) is 14.0 Å². The largest absolute Gasteiger partial charge is 0.493 e. The van der Waals surface area contributed by atoms with Gasteiger partial charge in [0.05, 0.1) is 47.2 Å². The van der Waals surface area contributed by atoms with Crippen molar-refractivity contribution in [3.63, 3.8) is 0 Å². The molecule has 7 heteroatoms. The first kappa shape index (κ1) is 18.7. The van der Waals surface area contributed by atoms with Gasteiger partial charge in [0.1, 0.15) is 0 Å². The molecule has 1 rings (SSSR count). The van der Waals surface area contributed by atoms with Crippen LogP contribution in [0.5, 0.6) is 11.5 Å². The summed E-state index contributed by atoms with van der Waals surface area (Å²) in [5, 5.41) is 0. The van der Waals surface area contributed by atoms with E-state index in [1.165, 1.54) is 0 Å². The molecule has 0 atom stereocenters. The molecule has 0 amide bonds. The Balaban J connectivity index is 2.57. The zero-order chi connectivity index (χ0) is 16.8. The number of methoxy groups -OCH3 is 2. The molecule has 0 aliphatic rings. The topological polar surface area (TPSA) is 72.8 Å². The second-order valence-electron chi connectivity index (χ2n) is 5.96. The fraction of sp³-hybridized carbons (Fsp3) is 0.600. The molecule has 1 aromatic carbocycles. The number of likely N-dealkylation sites (N-methyl/N-ethyl adjacent to an activating group) is 1. The molecule has 0 aliphatic heterocycles. The first-order valence-corrected chi connectivity index (χ1v) is 8.76. The van der Waals surface area contributed by atoms with E-state index in [9.17, 15) is 8.42 Å². The molecule has 0 heterocycles. The summed E-state index contributed by atoms with van der Waals surface area (Å²) >= 11 is 0. The Kier molecular flexibility index (Phi) is 6.65. The highest BCUT2D eigenvalue weighted by Crippen LogP contribution is 2.27. The van der Waals surface area contributed by atoms with Crippen molar-refractivity contribution in [2.75, 3.05) is 47.2 Å². The van der Waals surface area contributed by atoms with Crippen LogP contribution < -0.4 is 9.47 Å². The molecular formula is C15H26NO5S+. The Morgan fingerprint density at radius 3 is 2.27 bits per heavy atom. The summed E-state index contributed by atoms with van der Waals surface area (Å²) in [6.07, 6.45) is 1.29. The van der Waals surface area contributed by atoms with Gasteiger partial charge in [0.15, 0.2) is 11.5 Å². The summed E-state index contributed by atoms with van der Waals surface area (Å²) < 4.78 is 41.5. The molecule has 22 heavy (non-hydrogen) atoms. The summed E-state index contributed by atoms with van der Waals surface area (Å²) in [6, 6.07) is 5.84. The third-order valence-corrected chi connectivity index (χ3v) is 4.42. The Bertz CT molecular complexity index is 584. The summed E-state index contributed by atoms with van der Waals surface area (Å²) in [6.45, 7) is 1.55. The van der Waals surface area contributed by atoms with Crippen LogP contribution in [0.2, 0.25) is 0 Å². The van der Waals surface area contributed by atoms with Gasteiger partial charge in [-0.1, -0.05) is 6.07 Å². The van der Waals surface area contributed by atoms with Crippen molar-refractivity contribution in [1.82, 2.24) is 0 Å². The maximum atomic E-state index is 10.8. The highest BCUT2D eigenvalue weighted by molar-refractivity contribution is 7.85. The van der Waals surface area contributed by atoms with Gasteiger partial charge in [-0.3, -0.25) is 4.55 Å². The summed E-state index contributed by atoms with van der Waals surface area (Å²) in [5.41, 5.74) is 1.14. The van der Waals surface area contributed by atoms with E-state index in [0.717, 1.165) is 18.5 Å². The molecule has 0 radical (unpaired) electrons. The van der Waals surface area contributed by atoms with Crippen LogP contribution in [0.15, 0.2) is 18.2 Å². The van der Waals surface area contributed by atoms with Gasteiger partial charge in [0, 0.05) is 12.8 Å². The van der Waals surface area contributed by atoms with Crippen LogP contribution >= 0.6 is 0 Å². The molecule has 0 saturated carbocycles. The van der Waals surface area contributed by atoms with Gasteiger partial charge in [-0.15, -0.1) is 0 Å². The Labute approximate surface area is 133 Å². The summed E-state index contributed by atoms with van der Waals surface area (Å²) in [4.78, 5) is 0. The van der Waals surface area contributed by atoms with Gasteiger partial charge in [-0.25, -0.2) is 0 Å². The number of benzene rings is 1. The fourth-order valence-electron chi connectivity index (χ4n) is 2.25. The third kappa shape index (κ3) is 6.64. The minimum Gasteiger partial charge on any atom is -0.493 e. The van der Waals surface area contributed by atoms with Crippen molar-refractivity contribution >= 4 is 10.1 Å². The molecule has 1 aromatic rings. The predicted molar refractivity (Wildman–Crippen MR) is 86.1 cm³/mol. The second-order valence-corrected chi connectivity index (χ2v) is 7.53. The van der Waals surface area contributed by atoms with Crippen molar-refractivity contribution in [3.8, 4) is 11.5 Å². The molecule has 0 aromatic heterocycles. The van der Waals surface area contributed by atoms with Gasteiger partial charge < -0.3 is 14.0 Å². The fourth-order valence-corrected chi connectivity index (χ4v) is 2.75. The molecule has 0 aliphatic carbocycles. The van der Waals surface area contributed by atoms with E-state index >= 15 is 0 Å². The lowest BCUT2D eigenvalue weighted by atomic mass is 10.1. The van der Waals surface area contributed by atoms with Gasteiger partial charge in [0.2, 0.25) is 0 Å². The number of nitrogens with zero attached hydrogens (tertiary/aromatic N) is 1. The van der Waals surface area contributed by atoms with Crippen LogP contribution in [0.25, 0.3) is 0 Å². The molecule has 0 bridgehead atoms. The number of rotatable bonds is 9. The minimum absolute atomic E-state index is 0.189. The maximum absolute atomic E-state index is 10.8. The smallest absolute Gasteiger partial charge is 0.265 e. The van der Waals surface area contributed by atoms with Crippen LogP contribution in [-0.4, -0.2) is 64.6 Å². The third-order valence-electron chi connectivity index (χ3n) is 3.62. The number of ether oxygens (including phenoxy) is 2. The van der Waals surface area contributed by atoms with Crippen LogP contribution in [-0.2, 0) is 16.5 Å². The Morgan fingerprint density at radius 1 is 1.09 bits per heavy atom. The maximum Gasteiger partial charge on any atom is 0.265 e. The van der Waals surface area contributed by atoms with Crippen molar-refractivity contribution in [2.45, 2.75) is 12.8 Å². The molecule has 0 fully saturated rings. The zero-order valence-electron chi connectivity index (χ0n) is 13.7. The van der Waals surface area contributed by atoms with E-state index in [1.807, 2.05) is 32.3 Å². The van der Waals surface area contributed by atoms with Gasteiger partial charge in [0.25, 0.3) is 10.1 Å². The van der Waals surface area contributed by atoms with E-state index in [1.54, 1.807) is 14.2 Å². The Hall–Kier alpha value is -1.31. The molecule has 1 N–H and O–H groups in total. The van der Waals surface area contributed by atoms with E-state index in [-0.39, 0.29) is 5.75 Å². The van der Waals surface area contributed by atoms with Crippen molar-refractivity contribution in [2.24, 2.45) is 0 Å². The summed E-state index contributed by atoms with van der Waals surface area (Å²) in [5.74, 6) is 1.22. The lowest BCUT2D eigenvalue weighted by Gasteiger charge is -2.29. The molecule has 0 spiro atoms. The van der Waals surface area contributed by atoms with Crippen LogP contribution in [0.3, 0.4) is 0 Å². The average molecular weight is 332 g/mol. The SMILES string of the molecule is COc1ccc(CC[N+](C)(C)CCCS(=O)(=O)O)cc1OC. The second kappa shape index (κ2) is 7.80. The lowest BCUT2D eigenvalue weighted by Crippen LogP contribution is -2.42. The predicted octanol–water partition coefficient (Wildman–Crippen LogP) is 1.60. The number of hydrogen-bond donors (Lipinski definition) is 1. The molecule has 126 valence electrons. The van der Waals surface area contributed by atoms with E-state index in [0.29, 0.717) is 28.9 Å². The highest BCUT2D eigenvalue weighted by atomic mass is 32.2. The van der Waals surface area contributed by atoms with Gasteiger partial charge >= 0.3 is 0 Å². The molecular weight excluding hydrogens is 306 g/mol. The quantitative estimate of drug-likeness (QED) is 0.549. The molecule has 0 saturated heterocycles. The standard InChI is InChI=1S/C15H25NO5S/c1-16(2,9-5-11-22(17,18)19)10-8-13-6-7-14(20-3)15(12-13)21-4/h6-7,12H,5,8-11H2,1-4H3/p+1.